The molecule has 21 heavy (non-hydrogen) atoms. The Hall–Kier alpha value is -1.81. The second-order valence-electron chi connectivity index (χ2n) is 3.88. The molecule has 0 bridgehead atoms. The van der Waals surface area contributed by atoms with Crippen LogP contribution in [0.25, 0.3) is 0 Å². The number of nitrogens with one attached hydrogen (secondary N) is 1. The van der Waals surface area contributed by atoms with Crippen molar-refractivity contribution < 1.29 is 32.6 Å². The molecule has 1 aromatic carbocycles. The molecular formula is C11H10BrF3N2O4. The zero-order chi connectivity index (χ0) is 16.2. The monoisotopic (exact) mass is 370 g/mol. The lowest BCUT2D eigenvalue weighted by atomic mass is 10.2. The summed E-state index contributed by atoms with van der Waals surface area (Å²) in [5.41, 5.74) is 5.03. The Labute approximate surface area is 125 Å². The van der Waals surface area contributed by atoms with Crippen molar-refractivity contribution >= 4 is 33.5 Å². The maximum atomic E-state index is 12.3. The lowest BCUT2D eigenvalue weighted by Crippen LogP contribution is -2.37. The highest BCUT2D eigenvalue weighted by Gasteiger charge is 2.32. The molecule has 0 saturated carbocycles. The average molecular weight is 371 g/mol. The third-order valence-corrected chi connectivity index (χ3v) is 2.65. The maximum Gasteiger partial charge on any atom is 0.573 e. The predicted molar refractivity (Wildman–Crippen MR) is 69.7 cm³/mol. The molecule has 0 saturated heterocycles. The van der Waals surface area contributed by atoms with E-state index in [2.05, 4.69) is 26.0 Å². The number of carbonyl (C=O) groups excluding carboxylic acids is 1. The first kappa shape index (κ1) is 17.2. The van der Waals surface area contributed by atoms with E-state index in [1.165, 1.54) is 6.07 Å². The molecule has 0 aliphatic carbocycles. The Balaban J connectivity index is 2.92. The summed E-state index contributed by atoms with van der Waals surface area (Å²) in [7, 11) is 0. The van der Waals surface area contributed by atoms with Gasteiger partial charge in [-0.3, -0.25) is 9.59 Å². The van der Waals surface area contributed by atoms with Crippen LogP contribution in [0.5, 0.6) is 5.75 Å². The fraction of sp³-hybridized carbons (Fsp3) is 0.273. The molecule has 0 aromatic heterocycles. The molecular weight excluding hydrogens is 361 g/mol. The molecule has 4 N–H and O–H groups in total. The van der Waals surface area contributed by atoms with Crippen LogP contribution in [-0.2, 0) is 9.59 Å². The van der Waals surface area contributed by atoms with Crippen LogP contribution in [0.4, 0.5) is 18.9 Å². The quantitative estimate of drug-likeness (QED) is 0.736. The van der Waals surface area contributed by atoms with E-state index in [4.69, 9.17) is 10.8 Å². The lowest BCUT2D eigenvalue weighted by molar-refractivity contribution is -0.274. The number of ether oxygens (including phenoxy) is 1. The molecule has 10 heteroatoms. The highest BCUT2D eigenvalue weighted by Crippen LogP contribution is 2.33. The van der Waals surface area contributed by atoms with Crippen molar-refractivity contribution in [2.75, 3.05) is 5.32 Å². The molecule has 0 aliphatic rings. The number of hydrogen-bond acceptors (Lipinski definition) is 4. The van der Waals surface area contributed by atoms with Crippen LogP contribution in [0.15, 0.2) is 22.7 Å². The van der Waals surface area contributed by atoms with Gasteiger partial charge < -0.3 is 20.9 Å². The van der Waals surface area contributed by atoms with E-state index >= 15 is 0 Å². The molecule has 0 radical (unpaired) electrons. The standard InChI is InChI=1S/C11H10BrF3N2O4/c12-5-1-2-7(8(3-5)21-11(13,14)15)17-10(20)6(16)4-9(18)19/h1-3,6H,4,16H2,(H,17,20)(H,18,19). The second-order valence-corrected chi connectivity index (χ2v) is 4.80. The topological polar surface area (TPSA) is 102 Å². The van der Waals surface area contributed by atoms with Crippen LogP contribution in [0.3, 0.4) is 0 Å². The normalized spacial score (nSPS) is 12.6. The van der Waals surface area contributed by atoms with Crippen molar-refractivity contribution in [2.24, 2.45) is 5.73 Å². The summed E-state index contributed by atoms with van der Waals surface area (Å²) in [6.45, 7) is 0. The zero-order valence-electron chi connectivity index (χ0n) is 10.3. The third kappa shape index (κ3) is 6.00. The van der Waals surface area contributed by atoms with Crippen molar-refractivity contribution in [2.45, 2.75) is 18.8 Å². The van der Waals surface area contributed by atoms with E-state index in [1.807, 2.05) is 0 Å². The summed E-state index contributed by atoms with van der Waals surface area (Å²) < 4.78 is 40.9. The number of hydrogen-bond donors (Lipinski definition) is 3. The average Bonchev–Trinajstić information content (AvgIpc) is 2.29. The molecule has 6 nitrogen and oxygen atoms in total. The Bertz CT molecular complexity index is 551. The van der Waals surface area contributed by atoms with E-state index in [9.17, 15) is 22.8 Å². The van der Waals surface area contributed by atoms with E-state index in [1.54, 1.807) is 0 Å². The van der Waals surface area contributed by atoms with Crippen molar-refractivity contribution in [3.8, 4) is 5.75 Å². The van der Waals surface area contributed by atoms with Gasteiger partial charge in [-0.05, 0) is 18.2 Å². The van der Waals surface area contributed by atoms with E-state index < -0.39 is 36.5 Å². The van der Waals surface area contributed by atoms with Crippen molar-refractivity contribution in [1.82, 2.24) is 0 Å². The third-order valence-electron chi connectivity index (χ3n) is 2.16. The van der Waals surface area contributed by atoms with Crippen LogP contribution in [-0.4, -0.2) is 29.4 Å². The maximum absolute atomic E-state index is 12.3. The number of nitrogens with two attached hydrogens (primary N) is 1. The van der Waals surface area contributed by atoms with Crippen LogP contribution in [0.1, 0.15) is 6.42 Å². The molecule has 116 valence electrons. The Morgan fingerprint density at radius 2 is 2.05 bits per heavy atom. The van der Waals surface area contributed by atoms with Crippen LogP contribution >= 0.6 is 15.9 Å². The van der Waals surface area contributed by atoms with E-state index in [-0.39, 0.29) is 5.69 Å². The van der Waals surface area contributed by atoms with Gasteiger partial charge in [-0.15, -0.1) is 13.2 Å². The van der Waals surface area contributed by atoms with Gasteiger partial charge in [0.05, 0.1) is 18.2 Å². The molecule has 0 spiro atoms. The SMILES string of the molecule is NC(CC(=O)O)C(=O)Nc1ccc(Br)cc1OC(F)(F)F. The van der Waals surface area contributed by atoms with Crippen molar-refractivity contribution in [1.29, 1.82) is 0 Å². The van der Waals surface area contributed by atoms with E-state index in [0.717, 1.165) is 12.1 Å². The number of rotatable bonds is 5. The Morgan fingerprint density at radius 1 is 1.43 bits per heavy atom. The number of aliphatic carboxylic acids is 1. The van der Waals surface area contributed by atoms with Gasteiger partial charge in [-0.25, -0.2) is 0 Å². The highest BCUT2D eigenvalue weighted by atomic mass is 79.9. The van der Waals surface area contributed by atoms with Gasteiger partial charge in [0.2, 0.25) is 5.91 Å². The first-order valence-electron chi connectivity index (χ1n) is 5.42. The number of anilines is 1. The minimum Gasteiger partial charge on any atom is -0.481 e. The van der Waals surface area contributed by atoms with Gasteiger partial charge in [-0.1, -0.05) is 15.9 Å². The Morgan fingerprint density at radius 3 is 2.57 bits per heavy atom. The van der Waals surface area contributed by atoms with Crippen LogP contribution in [0, 0.1) is 0 Å². The first-order valence-corrected chi connectivity index (χ1v) is 6.21. The van der Waals surface area contributed by atoms with Crippen LogP contribution in [0.2, 0.25) is 0 Å². The first-order chi connectivity index (χ1) is 9.58. The number of halogens is 4. The minimum absolute atomic E-state index is 0.277. The molecule has 1 amide bonds. The largest absolute Gasteiger partial charge is 0.573 e. The molecule has 1 atom stereocenters. The number of carbonyl (C=O) groups is 2. The van der Waals surface area contributed by atoms with Crippen molar-refractivity contribution in [3.05, 3.63) is 22.7 Å². The van der Waals surface area contributed by atoms with Gasteiger partial charge in [0.1, 0.15) is 0 Å². The summed E-state index contributed by atoms with van der Waals surface area (Å²) in [6, 6.07) is 2.15. The molecule has 1 rings (SSSR count). The summed E-state index contributed by atoms with van der Waals surface area (Å²) >= 11 is 2.97. The number of carboxylic acids is 1. The fourth-order valence-corrected chi connectivity index (χ4v) is 1.65. The van der Waals surface area contributed by atoms with Crippen molar-refractivity contribution in [3.63, 3.8) is 0 Å². The fourth-order valence-electron chi connectivity index (χ4n) is 1.31. The smallest absolute Gasteiger partial charge is 0.481 e. The van der Waals surface area contributed by atoms with Gasteiger partial charge in [0.15, 0.2) is 5.75 Å². The molecule has 0 heterocycles. The predicted octanol–water partition coefficient (Wildman–Crippen LogP) is 2.09. The number of alkyl halides is 3. The van der Waals surface area contributed by atoms with Gasteiger partial charge >= 0.3 is 12.3 Å². The molecule has 1 unspecified atom stereocenters. The number of benzene rings is 1. The number of carboxylic acid groups (broad SMARTS) is 1. The summed E-state index contributed by atoms with van der Waals surface area (Å²) in [5, 5.41) is 10.6. The van der Waals surface area contributed by atoms with Gasteiger partial charge in [0.25, 0.3) is 0 Å². The Kier molecular flexibility index (Phi) is 5.55. The molecule has 0 fully saturated rings. The van der Waals surface area contributed by atoms with Gasteiger partial charge in [-0.2, -0.15) is 0 Å². The van der Waals surface area contributed by atoms with E-state index in [0.29, 0.717) is 4.47 Å². The summed E-state index contributed by atoms with van der Waals surface area (Å²) in [5.74, 6) is -2.89. The number of amides is 1. The van der Waals surface area contributed by atoms with Crippen LogP contribution < -0.4 is 15.8 Å². The zero-order valence-corrected chi connectivity index (χ0v) is 11.9. The minimum atomic E-state index is -4.94. The summed E-state index contributed by atoms with van der Waals surface area (Å²) in [4.78, 5) is 22.0. The van der Waals surface area contributed by atoms with Gasteiger partial charge in [0, 0.05) is 4.47 Å². The lowest BCUT2D eigenvalue weighted by Gasteiger charge is -2.16. The second kappa shape index (κ2) is 6.76. The highest BCUT2D eigenvalue weighted by molar-refractivity contribution is 9.10. The molecule has 0 aliphatic heterocycles. The summed E-state index contributed by atoms with van der Waals surface area (Å²) in [6.07, 6.45) is -5.60. The molecule has 1 aromatic rings.